The van der Waals surface area contributed by atoms with E-state index in [4.69, 9.17) is 0 Å². The first-order valence-electron chi connectivity index (χ1n) is 7.99. The molecule has 0 aromatic carbocycles. The number of carbonyl (C=O) groups is 1. The fourth-order valence-electron chi connectivity index (χ4n) is 3.31. The maximum Gasteiger partial charge on any atom is 0.221 e. The van der Waals surface area contributed by atoms with E-state index in [0.717, 1.165) is 12.5 Å². The lowest BCUT2D eigenvalue weighted by Gasteiger charge is -2.41. The largest absolute Gasteiger partial charge is 0.353 e. The van der Waals surface area contributed by atoms with Crippen LogP contribution in [0.15, 0.2) is 0 Å². The fraction of sp³-hybridized carbons (Fsp3) is 0.938. The van der Waals surface area contributed by atoms with Gasteiger partial charge in [0.1, 0.15) is 0 Å². The van der Waals surface area contributed by atoms with Crippen molar-refractivity contribution in [3.05, 3.63) is 0 Å². The van der Waals surface area contributed by atoms with E-state index in [9.17, 15) is 4.79 Å². The van der Waals surface area contributed by atoms with E-state index in [1.54, 1.807) is 0 Å². The number of amides is 1. The van der Waals surface area contributed by atoms with Crippen LogP contribution in [-0.4, -0.2) is 24.5 Å². The van der Waals surface area contributed by atoms with Gasteiger partial charge in [0.15, 0.2) is 0 Å². The van der Waals surface area contributed by atoms with Gasteiger partial charge in [0.05, 0.1) is 0 Å². The van der Waals surface area contributed by atoms with Gasteiger partial charge >= 0.3 is 0 Å². The molecule has 2 aliphatic carbocycles. The van der Waals surface area contributed by atoms with Gasteiger partial charge in [-0.1, -0.05) is 33.6 Å². The summed E-state index contributed by atoms with van der Waals surface area (Å²) < 4.78 is 0. The molecule has 0 saturated heterocycles. The summed E-state index contributed by atoms with van der Waals surface area (Å²) in [5, 5.41) is 6.70. The zero-order chi connectivity index (χ0) is 13.9. The Bertz CT molecular complexity index is 304. The Morgan fingerprint density at radius 3 is 2.42 bits per heavy atom. The summed E-state index contributed by atoms with van der Waals surface area (Å²) >= 11 is 0. The second kappa shape index (κ2) is 6.25. The molecule has 0 aromatic rings. The maximum absolute atomic E-state index is 11.7. The van der Waals surface area contributed by atoms with Crippen LogP contribution < -0.4 is 10.6 Å². The average molecular weight is 266 g/mol. The van der Waals surface area contributed by atoms with Gasteiger partial charge in [-0.05, 0) is 37.0 Å². The highest BCUT2D eigenvalue weighted by molar-refractivity contribution is 5.76. The Morgan fingerprint density at radius 1 is 1.11 bits per heavy atom. The number of hydrogen-bond acceptors (Lipinski definition) is 2. The number of rotatable bonds is 5. The molecule has 110 valence electrons. The lowest BCUT2D eigenvalue weighted by molar-refractivity contribution is -0.121. The molecule has 0 radical (unpaired) electrons. The van der Waals surface area contributed by atoms with E-state index in [-0.39, 0.29) is 5.91 Å². The van der Waals surface area contributed by atoms with E-state index in [2.05, 4.69) is 31.4 Å². The highest BCUT2D eigenvalue weighted by Crippen LogP contribution is 2.37. The van der Waals surface area contributed by atoms with Crippen molar-refractivity contribution in [1.82, 2.24) is 10.6 Å². The molecule has 3 nitrogen and oxygen atoms in total. The fourth-order valence-corrected chi connectivity index (χ4v) is 3.31. The molecule has 0 bridgehead atoms. The van der Waals surface area contributed by atoms with Crippen molar-refractivity contribution < 1.29 is 4.79 Å². The molecule has 2 fully saturated rings. The average Bonchev–Trinajstić information content (AvgIpc) is 3.12. The number of carbonyl (C=O) groups excluding carboxylic acids is 1. The number of nitrogens with one attached hydrogen (secondary N) is 2. The Balaban J connectivity index is 1.71. The smallest absolute Gasteiger partial charge is 0.221 e. The predicted octanol–water partition coefficient (Wildman–Crippen LogP) is 2.85. The summed E-state index contributed by atoms with van der Waals surface area (Å²) in [4.78, 5) is 11.7. The minimum atomic E-state index is 0.220. The van der Waals surface area contributed by atoms with Crippen molar-refractivity contribution in [3.63, 3.8) is 0 Å². The summed E-state index contributed by atoms with van der Waals surface area (Å²) in [6.45, 7) is 7.86. The maximum atomic E-state index is 11.7. The molecule has 2 saturated carbocycles. The normalized spacial score (nSPS) is 28.2. The molecule has 2 aliphatic rings. The molecular formula is C16H30N2O. The monoisotopic (exact) mass is 266 g/mol. The summed E-state index contributed by atoms with van der Waals surface area (Å²) in [7, 11) is 0. The topological polar surface area (TPSA) is 41.1 Å². The first kappa shape index (κ1) is 14.8. The van der Waals surface area contributed by atoms with Crippen LogP contribution in [0.1, 0.15) is 65.7 Å². The van der Waals surface area contributed by atoms with Crippen LogP contribution in [-0.2, 0) is 4.79 Å². The van der Waals surface area contributed by atoms with Gasteiger partial charge in [-0.15, -0.1) is 0 Å². The van der Waals surface area contributed by atoms with Crippen molar-refractivity contribution in [2.45, 2.75) is 77.8 Å². The Morgan fingerprint density at radius 2 is 1.79 bits per heavy atom. The van der Waals surface area contributed by atoms with E-state index >= 15 is 0 Å². The second-order valence-corrected chi connectivity index (χ2v) is 7.41. The molecule has 0 aromatic heterocycles. The number of hydrogen-bond donors (Lipinski definition) is 2. The molecule has 19 heavy (non-hydrogen) atoms. The summed E-state index contributed by atoms with van der Waals surface area (Å²) in [6, 6.07) is 1.09. The van der Waals surface area contributed by atoms with Gasteiger partial charge in [-0.3, -0.25) is 4.79 Å². The standard InChI is InChI=1S/C16H30N2O/c1-16(2,3)13-6-4-5-7-14(13)17-11-10-15(19)18-12-8-9-12/h12-14,17H,4-11H2,1-3H3,(H,18,19). The van der Waals surface area contributed by atoms with Crippen molar-refractivity contribution >= 4 is 5.91 Å². The second-order valence-electron chi connectivity index (χ2n) is 7.41. The quantitative estimate of drug-likeness (QED) is 0.803. The zero-order valence-electron chi connectivity index (χ0n) is 12.8. The van der Waals surface area contributed by atoms with Gasteiger partial charge in [0.2, 0.25) is 5.91 Å². The molecular weight excluding hydrogens is 236 g/mol. The Labute approximate surface area is 117 Å². The van der Waals surface area contributed by atoms with Crippen LogP contribution in [0.4, 0.5) is 0 Å². The van der Waals surface area contributed by atoms with Crippen molar-refractivity contribution in [3.8, 4) is 0 Å². The van der Waals surface area contributed by atoms with Gasteiger partial charge in [-0.2, -0.15) is 0 Å². The van der Waals surface area contributed by atoms with Crippen LogP contribution in [0.25, 0.3) is 0 Å². The van der Waals surface area contributed by atoms with Crippen LogP contribution >= 0.6 is 0 Å². The Kier molecular flexibility index (Phi) is 4.88. The first-order valence-corrected chi connectivity index (χ1v) is 7.99. The predicted molar refractivity (Wildman–Crippen MR) is 79.0 cm³/mol. The van der Waals surface area contributed by atoms with Gasteiger partial charge in [0.25, 0.3) is 0 Å². The summed E-state index contributed by atoms with van der Waals surface area (Å²) in [5.41, 5.74) is 0.369. The molecule has 2 rings (SSSR count). The van der Waals surface area contributed by atoms with Crippen molar-refractivity contribution in [2.75, 3.05) is 6.54 Å². The molecule has 0 spiro atoms. The SMILES string of the molecule is CC(C)(C)C1CCCCC1NCCC(=O)NC1CC1. The molecule has 0 aliphatic heterocycles. The molecule has 2 N–H and O–H groups in total. The van der Waals surface area contributed by atoms with Crippen LogP contribution in [0, 0.1) is 11.3 Å². The highest BCUT2D eigenvalue weighted by atomic mass is 16.1. The minimum absolute atomic E-state index is 0.220. The van der Waals surface area contributed by atoms with Gasteiger partial charge < -0.3 is 10.6 Å². The third kappa shape index (κ3) is 4.79. The third-order valence-electron chi connectivity index (χ3n) is 4.58. The molecule has 1 amide bonds. The van der Waals surface area contributed by atoms with Crippen molar-refractivity contribution in [2.24, 2.45) is 11.3 Å². The van der Waals surface area contributed by atoms with Crippen LogP contribution in [0.5, 0.6) is 0 Å². The molecule has 2 atom stereocenters. The molecule has 2 unspecified atom stereocenters. The highest BCUT2D eigenvalue weighted by Gasteiger charge is 2.33. The molecule has 3 heteroatoms. The van der Waals surface area contributed by atoms with E-state index in [1.165, 1.54) is 38.5 Å². The van der Waals surface area contributed by atoms with Gasteiger partial charge in [0, 0.05) is 25.0 Å². The van der Waals surface area contributed by atoms with E-state index in [0.29, 0.717) is 23.9 Å². The Hall–Kier alpha value is -0.570. The first-order chi connectivity index (χ1) is 8.97. The summed E-state index contributed by atoms with van der Waals surface area (Å²) in [6.07, 6.45) is 8.27. The van der Waals surface area contributed by atoms with E-state index in [1.807, 2.05) is 0 Å². The third-order valence-corrected chi connectivity index (χ3v) is 4.58. The lowest BCUT2D eigenvalue weighted by Crippen LogP contribution is -2.45. The van der Waals surface area contributed by atoms with Crippen molar-refractivity contribution in [1.29, 1.82) is 0 Å². The minimum Gasteiger partial charge on any atom is -0.353 e. The summed E-state index contributed by atoms with van der Waals surface area (Å²) in [5.74, 6) is 0.964. The zero-order valence-corrected chi connectivity index (χ0v) is 12.8. The van der Waals surface area contributed by atoms with Crippen LogP contribution in [0.3, 0.4) is 0 Å². The lowest BCUT2D eigenvalue weighted by atomic mass is 9.69. The van der Waals surface area contributed by atoms with Gasteiger partial charge in [-0.25, -0.2) is 0 Å². The van der Waals surface area contributed by atoms with Crippen LogP contribution in [0.2, 0.25) is 0 Å². The van der Waals surface area contributed by atoms with E-state index < -0.39 is 0 Å². The molecule has 0 heterocycles.